The van der Waals surface area contributed by atoms with E-state index >= 15 is 0 Å². The van der Waals surface area contributed by atoms with Gasteiger partial charge >= 0.3 is 0 Å². The number of aromatic amines is 1. The molecular formula is C18H19N3O2. The van der Waals surface area contributed by atoms with Crippen molar-refractivity contribution in [1.82, 2.24) is 9.97 Å². The van der Waals surface area contributed by atoms with Crippen LogP contribution in [0.1, 0.15) is 31.4 Å². The summed E-state index contributed by atoms with van der Waals surface area (Å²) >= 11 is 0. The van der Waals surface area contributed by atoms with Gasteiger partial charge in [-0.15, -0.1) is 0 Å². The van der Waals surface area contributed by atoms with Crippen LogP contribution in [0.25, 0.3) is 21.8 Å². The number of carbonyl (C=O) groups is 1. The first-order chi connectivity index (χ1) is 11.2. The Morgan fingerprint density at radius 3 is 2.74 bits per heavy atom. The second-order valence-corrected chi connectivity index (χ2v) is 6.27. The molecule has 1 amide bonds. The number of rotatable bonds is 3. The average molecular weight is 309 g/mol. The highest BCUT2D eigenvalue weighted by atomic mass is 16.5. The van der Waals surface area contributed by atoms with Crippen molar-refractivity contribution in [2.24, 2.45) is 5.73 Å². The van der Waals surface area contributed by atoms with E-state index in [9.17, 15) is 4.79 Å². The number of H-pyrrole nitrogens is 1. The smallest absolute Gasteiger partial charge is 0.229 e. The average Bonchev–Trinajstić information content (AvgIpc) is 3.19. The molecule has 1 aromatic carbocycles. The van der Waals surface area contributed by atoms with Crippen LogP contribution in [0.2, 0.25) is 0 Å². The fourth-order valence-corrected chi connectivity index (χ4v) is 3.88. The Morgan fingerprint density at radius 1 is 1.26 bits per heavy atom. The van der Waals surface area contributed by atoms with Crippen LogP contribution in [-0.4, -0.2) is 23.0 Å². The number of fused-ring (bicyclic) bond motifs is 3. The monoisotopic (exact) mass is 309 g/mol. The number of primary amides is 1. The highest BCUT2D eigenvalue weighted by Crippen LogP contribution is 2.43. The molecule has 0 radical (unpaired) electrons. The molecule has 1 fully saturated rings. The first kappa shape index (κ1) is 14.1. The second-order valence-electron chi connectivity index (χ2n) is 6.27. The third kappa shape index (κ3) is 1.92. The van der Waals surface area contributed by atoms with Gasteiger partial charge < -0.3 is 15.5 Å². The van der Waals surface area contributed by atoms with Crippen LogP contribution < -0.4 is 10.5 Å². The molecule has 0 unspecified atom stereocenters. The minimum absolute atomic E-state index is 0.272. The maximum atomic E-state index is 12.2. The van der Waals surface area contributed by atoms with Gasteiger partial charge in [0, 0.05) is 23.0 Å². The van der Waals surface area contributed by atoms with Gasteiger partial charge in [0.05, 0.1) is 29.3 Å². The Bertz CT molecular complexity index is 907. The number of hydrogen-bond donors (Lipinski definition) is 2. The number of nitrogens with two attached hydrogens (primary N) is 1. The molecule has 0 atom stereocenters. The van der Waals surface area contributed by atoms with E-state index < -0.39 is 5.41 Å². The van der Waals surface area contributed by atoms with E-state index in [1.54, 1.807) is 13.3 Å². The van der Waals surface area contributed by atoms with Gasteiger partial charge in [0.25, 0.3) is 0 Å². The first-order valence-electron chi connectivity index (χ1n) is 7.90. The number of hydrogen-bond acceptors (Lipinski definition) is 3. The molecule has 0 aliphatic heterocycles. The van der Waals surface area contributed by atoms with Crippen LogP contribution in [0.15, 0.2) is 30.5 Å². The molecule has 23 heavy (non-hydrogen) atoms. The molecule has 0 spiro atoms. The molecule has 4 rings (SSSR count). The van der Waals surface area contributed by atoms with Crippen LogP contribution in [-0.2, 0) is 10.2 Å². The Labute approximate surface area is 133 Å². The number of methoxy groups -OCH3 is 1. The van der Waals surface area contributed by atoms with E-state index in [0.717, 1.165) is 58.9 Å². The number of ether oxygens (including phenoxy) is 1. The molecule has 3 N–H and O–H groups in total. The third-order valence-electron chi connectivity index (χ3n) is 5.11. The Kier molecular flexibility index (Phi) is 3.04. The van der Waals surface area contributed by atoms with Gasteiger partial charge in [-0.05, 0) is 31.0 Å². The number of nitrogens with zero attached hydrogens (tertiary/aromatic N) is 1. The zero-order chi connectivity index (χ0) is 16.0. The van der Waals surface area contributed by atoms with E-state index in [1.807, 2.05) is 24.3 Å². The van der Waals surface area contributed by atoms with Crippen molar-refractivity contribution in [1.29, 1.82) is 0 Å². The summed E-state index contributed by atoms with van der Waals surface area (Å²) in [6.45, 7) is 0. The van der Waals surface area contributed by atoms with E-state index in [0.29, 0.717) is 0 Å². The quantitative estimate of drug-likeness (QED) is 0.780. The van der Waals surface area contributed by atoms with E-state index in [2.05, 4.69) is 9.97 Å². The van der Waals surface area contributed by atoms with Gasteiger partial charge in [-0.25, -0.2) is 0 Å². The van der Waals surface area contributed by atoms with E-state index in [4.69, 9.17) is 10.5 Å². The summed E-state index contributed by atoms with van der Waals surface area (Å²) < 4.78 is 5.30. The van der Waals surface area contributed by atoms with Crippen LogP contribution in [0, 0.1) is 0 Å². The van der Waals surface area contributed by atoms with Crippen molar-refractivity contribution in [2.75, 3.05) is 7.11 Å². The fourth-order valence-electron chi connectivity index (χ4n) is 3.88. The second kappa shape index (κ2) is 4.98. The minimum Gasteiger partial charge on any atom is -0.497 e. The Hall–Kier alpha value is -2.56. The first-order valence-corrected chi connectivity index (χ1v) is 7.90. The van der Waals surface area contributed by atoms with Crippen molar-refractivity contribution >= 4 is 27.7 Å². The highest BCUT2D eigenvalue weighted by molar-refractivity contribution is 6.09. The van der Waals surface area contributed by atoms with Crippen LogP contribution >= 0.6 is 0 Å². The molecule has 1 saturated carbocycles. The largest absolute Gasteiger partial charge is 0.497 e. The van der Waals surface area contributed by atoms with Crippen molar-refractivity contribution < 1.29 is 9.53 Å². The number of pyridine rings is 1. The molecule has 0 saturated heterocycles. The summed E-state index contributed by atoms with van der Waals surface area (Å²) in [6, 6.07) is 7.91. The molecule has 0 bridgehead atoms. The lowest BCUT2D eigenvalue weighted by Gasteiger charge is -2.24. The van der Waals surface area contributed by atoms with Crippen LogP contribution in [0.3, 0.4) is 0 Å². The fraction of sp³-hybridized carbons (Fsp3) is 0.333. The summed E-state index contributed by atoms with van der Waals surface area (Å²) in [5, 5.41) is 2.17. The Balaban J connectivity index is 2.02. The van der Waals surface area contributed by atoms with E-state index in [-0.39, 0.29) is 5.91 Å². The lowest BCUT2D eigenvalue weighted by molar-refractivity contribution is -0.123. The van der Waals surface area contributed by atoms with Gasteiger partial charge in [-0.2, -0.15) is 0 Å². The van der Waals surface area contributed by atoms with Crippen LogP contribution in [0.4, 0.5) is 0 Å². The van der Waals surface area contributed by atoms with Crippen molar-refractivity contribution in [3.05, 3.63) is 36.2 Å². The number of nitrogens with one attached hydrogen (secondary N) is 1. The molecule has 118 valence electrons. The van der Waals surface area contributed by atoms with E-state index in [1.165, 1.54) is 0 Å². The standard InChI is InChI=1S/C18H19N3O2/c1-23-11-4-5-12-13-6-9-20-16(15(13)21-14(12)10-11)18(17(19)22)7-2-3-8-18/h4-6,9-10,21H,2-3,7-8H2,1H3,(H2,19,22). The maximum absolute atomic E-state index is 12.2. The van der Waals surface area contributed by atoms with Gasteiger partial charge in [-0.3, -0.25) is 9.78 Å². The molecule has 1 aliphatic rings. The SMILES string of the molecule is COc1ccc2c(c1)[nH]c1c(C3(C(N)=O)CCCC3)nccc12. The normalized spacial score (nSPS) is 16.9. The predicted molar refractivity (Wildman–Crippen MR) is 89.5 cm³/mol. The summed E-state index contributed by atoms with van der Waals surface area (Å²) in [7, 11) is 1.65. The number of amides is 1. The molecule has 2 aromatic heterocycles. The number of aromatic nitrogens is 2. The molecule has 1 aliphatic carbocycles. The summed E-state index contributed by atoms with van der Waals surface area (Å²) in [6.07, 6.45) is 5.34. The van der Waals surface area contributed by atoms with Crippen molar-refractivity contribution in [2.45, 2.75) is 31.1 Å². The summed E-state index contributed by atoms with van der Waals surface area (Å²) in [4.78, 5) is 20.2. The summed E-state index contributed by atoms with van der Waals surface area (Å²) in [5.41, 5.74) is 7.81. The number of benzene rings is 1. The maximum Gasteiger partial charge on any atom is 0.229 e. The van der Waals surface area contributed by atoms with Crippen molar-refractivity contribution in [3.8, 4) is 5.75 Å². The molecule has 5 nitrogen and oxygen atoms in total. The minimum atomic E-state index is -0.648. The predicted octanol–water partition coefficient (Wildman–Crippen LogP) is 3.02. The van der Waals surface area contributed by atoms with Gasteiger partial charge in [0.2, 0.25) is 5.91 Å². The third-order valence-corrected chi connectivity index (χ3v) is 5.11. The molecular weight excluding hydrogens is 290 g/mol. The zero-order valence-corrected chi connectivity index (χ0v) is 13.1. The van der Waals surface area contributed by atoms with Crippen LogP contribution in [0.5, 0.6) is 5.75 Å². The summed E-state index contributed by atoms with van der Waals surface area (Å²) in [5.74, 6) is 0.523. The zero-order valence-electron chi connectivity index (χ0n) is 13.1. The lowest BCUT2D eigenvalue weighted by Crippen LogP contribution is -2.39. The lowest BCUT2D eigenvalue weighted by atomic mass is 9.80. The number of carbonyl (C=O) groups excluding carboxylic acids is 1. The van der Waals surface area contributed by atoms with Gasteiger partial charge in [0.15, 0.2) is 0 Å². The van der Waals surface area contributed by atoms with Crippen molar-refractivity contribution in [3.63, 3.8) is 0 Å². The Morgan fingerprint density at radius 2 is 2.04 bits per heavy atom. The molecule has 5 heteroatoms. The van der Waals surface area contributed by atoms with Gasteiger partial charge in [-0.1, -0.05) is 12.8 Å². The molecule has 3 aromatic rings. The molecule has 2 heterocycles. The topological polar surface area (TPSA) is 81.0 Å². The highest BCUT2D eigenvalue weighted by Gasteiger charge is 2.44. The van der Waals surface area contributed by atoms with Gasteiger partial charge in [0.1, 0.15) is 5.75 Å².